The van der Waals surface area contributed by atoms with E-state index in [0.29, 0.717) is 11.9 Å². The van der Waals surface area contributed by atoms with Gasteiger partial charge in [-0.1, -0.05) is 36.4 Å². The standard InChI is InChI=1S/C14H18ClN/c15-10-3-4-11-16-14-9-5-7-12-6-1-2-8-13(12)14/h1-4,6,8,14,16H,5,7,9-11H2/b4-3+. The van der Waals surface area contributed by atoms with Crippen molar-refractivity contribution in [3.05, 3.63) is 47.5 Å². The Labute approximate surface area is 103 Å². The Bertz CT molecular complexity index is 360. The molecular formula is C14H18ClN. The van der Waals surface area contributed by atoms with E-state index in [-0.39, 0.29) is 0 Å². The van der Waals surface area contributed by atoms with Crippen molar-refractivity contribution in [3.63, 3.8) is 0 Å². The molecule has 0 spiro atoms. The first kappa shape index (κ1) is 11.7. The average Bonchev–Trinajstić information content (AvgIpc) is 2.35. The maximum atomic E-state index is 5.59. The van der Waals surface area contributed by atoms with Crippen LogP contribution in [0.4, 0.5) is 0 Å². The quantitative estimate of drug-likeness (QED) is 0.623. The minimum atomic E-state index is 0.518. The van der Waals surface area contributed by atoms with Crippen LogP contribution in [0.1, 0.15) is 30.0 Å². The van der Waals surface area contributed by atoms with Gasteiger partial charge in [-0.25, -0.2) is 0 Å². The van der Waals surface area contributed by atoms with Gasteiger partial charge >= 0.3 is 0 Å². The van der Waals surface area contributed by atoms with Gasteiger partial charge in [-0.05, 0) is 30.4 Å². The number of aryl methyl sites for hydroxylation is 1. The summed E-state index contributed by atoms with van der Waals surface area (Å²) in [6, 6.07) is 9.28. The SMILES string of the molecule is ClC/C=C/CNC1CCCc2ccccc21. The molecule has 16 heavy (non-hydrogen) atoms. The van der Waals surface area contributed by atoms with Crippen molar-refractivity contribution in [3.8, 4) is 0 Å². The summed E-state index contributed by atoms with van der Waals surface area (Å²) in [5.74, 6) is 0.600. The molecule has 0 saturated carbocycles. The van der Waals surface area contributed by atoms with Crippen LogP contribution in [0.3, 0.4) is 0 Å². The van der Waals surface area contributed by atoms with Crippen LogP contribution in [-0.2, 0) is 6.42 Å². The molecule has 0 bridgehead atoms. The van der Waals surface area contributed by atoms with Gasteiger partial charge in [0.05, 0.1) is 0 Å². The number of fused-ring (bicyclic) bond motifs is 1. The van der Waals surface area contributed by atoms with E-state index in [2.05, 4.69) is 35.7 Å². The summed E-state index contributed by atoms with van der Waals surface area (Å²) in [4.78, 5) is 0. The number of halogens is 1. The van der Waals surface area contributed by atoms with Crippen LogP contribution in [0.5, 0.6) is 0 Å². The highest BCUT2D eigenvalue weighted by Gasteiger charge is 2.18. The van der Waals surface area contributed by atoms with Gasteiger partial charge in [0, 0.05) is 18.5 Å². The highest BCUT2D eigenvalue weighted by atomic mass is 35.5. The van der Waals surface area contributed by atoms with E-state index in [9.17, 15) is 0 Å². The number of allylic oxidation sites excluding steroid dienone is 1. The molecule has 2 heteroatoms. The van der Waals surface area contributed by atoms with E-state index in [4.69, 9.17) is 11.6 Å². The second-order valence-corrected chi connectivity index (χ2v) is 4.49. The molecule has 1 nitrogen and oxygen atoms in total. The monoisotopic (exact) mass is 235 g/mol. The second-order valence-electron chi connectivity index (χ2n) is 4.18. The molecule has 1 atom stereocenters. The summed E-state index contributed by atoms with van der Waals surface area (Å²) < 4.78 is 0. The zero-order valence-electron chi connectivity index (χ0n) is 9.45. The number of benzene rings is 1. The molecule has 1 N–H and O–H groups in total. The van der Waals surface area contributed by atoms with E-state index in [1.807, 2.05) is 6.08 Å². The largest absolute Gasteiger partial charge is 0.306 e. The Morgan fingerprint density at radius 1 is 1.31 bits per heavy atom. The first-order valence-electron chi connectivity index (χ1n) is 5.94. The van der Waals surface area contributed by atoms with Crippen molar-refractivity contribution in [2.45, 2.75) is 25.3 Å². The van der Waals surface area contributed by atoms with Crippen molar-refractivity contribution in [1.82, 2.24) is 5.32 Å². The molecule has 0 aromatic heterocycles. The molecule has 2 rings (SSSR count). The van der Waals surface area contributed by atoms with Crippen LogP contribution in [-0.4, -0.2) is 12.4 Å². The molecule has 1 unspecified atom stereocenters. The normalized spacial score (nSPS) is 19.9. The average molecular weight is 236 g/mol. The van der Waals surface area contributed by atoms with Gasteiger partial charge in [-0.15, -0.1) is 11.6 Å². The summed E-state index contributed by atoms with van der Waals surface area (Å²) in [6.45, 7) is 0.908. The lowest BCUT2D eigenvalue weighted by Gasteiger charge is -2.26. The third-order valence-electron chi connectivity index (χ3n) is 3.11. The third kappa shape index (κ3) is 2.87. The fraction of sp³-hybridized carbons (Fsp3) is 0.429. The maximum Gasteiger partial charge on any atom is 0.0404 e. The molecule has 86 valence electrons. The lowest BCUT2D eigenvalue weighted by atomic mass is 9.88. The summed E-state index contributed by atoms with van der Waals surface area (Å²) in [6.07, 6.45) is 7.85. The third-order valence-corrected chi connectivity index (χ3v) is 3.29. The molecule has 1 aliphatic rings. The van der Waals surface area contributed by atoms with Crippen molar-refractivity contribution in [1.29, 1.82) is 0 Å². The van der Waals surface area contributed by atoms with Crippen molar-refractivity contribution in [2.24, 2.45) is 0 Å². The molecule has 1 aromatic rings. The van der Waals surface area contributed by atoms with E-state index >= 15 is 0 Å². The van der Waals surface area contributed by atoms with Gasteiger partial charge in [0.1, 0.15) is 0 Å². The number of nitrogens with one attached hydrogen (secondary N) is 1. The Kier molecular flexibility index (Phi) is 4.44. The highest BCUT2D eigenvalue weighted by molar-refractivity contribution is 6.18. The van der Waals surface area contributed by atoms with Crippen LogP contribution in [0.2, 0.25) is 0 Å². The summed E-state index contributed by atoms with van der Waals surface area (Å²) in [7, 11) is 0. The lowest BCUT2D eigenvalue weighted by Crippen LogP contribution is -2.25. The first-order valence-corrected chi connectivity index (χ1v) is 6.47. The van der Waals surface area contributed by atoms with E-state index < -0.39 is 0 Å². The fourth-order valence-electron chi connectivity index (χ4n) is 2.32. The Morgan fingerprint density at radius 3 is 3.06 bits per heavy atom. The van der Waals surface area contributed by atoms with Gasteiger partial charge in [-0.2, -0.15) is 0 Å². The zero-order valence-corrected chi connectivity index (χ0v) is 10.2. The van der Waals surface area contributed by atoms with Gasteiger partial charge < -0.3 is 5.32 Å². The zero-order chi connectivity index (χ0) is 11.2. The molecule has 0 radical (unpaired) electrons. The van der Waals surface area contributed by atoms with E-state index in [1.165, 1.54) is 30.4 Å². The fourth-order valence-corrected chi connectivity index (χ4v) is 2.45. The topological polar surface area (TPSA) is 12.0 Å². The Morgan fingerprint density at radius 2 is 2.19 bits per heavy atom. The smallest absolute Gasteiger partial charge is 0.0404 e. The van der Waals surface area contributed by atoms with Crippen LogP contribution in [0.25, 0.3) is 0 Å². The number of hydrogen-bond donors (Lipinski definition) is 1. The second kappa shape index (κ2) is 6.07. The Balaban J connectivity index is 1.99. The summed E-state index contributed by atoms with van der Waals surface area (Å²) >= 11 is 5.59. The van der Waals surface area contributed by atoms with Gasteiger partial charge in [-0.3, -0.25) is 0 Å². The molecule has 0 amide bonds. The van der Waals surface area contributed by atoms with Gasteiger partial charge in [0.2, 0.25) is 0 Å². The van der Waals surface area contributed by atoms with Gasteiger partial charge in [0.15, 0.2) is 0 Å². The number of rotatable bonds is 4. The summed E-state index contributed by atoms with van der Waals surface area (Å²) in [5.41, 5.74) is 2.99. The molecule has 1 aromatic carbocycles. The highest BCUT2D eigenvalue weighted by Crippen LogP contribution is 2.29. The van der Waals surface area contributed by atoms with Crippen LogP contribution in [0.15, 0.2) is 36.4 Å². The minimum Gasteiger partial charge on any atom is -0.306 e. The van der Waals surface area contributed by atoms with Gasteiger partial charge in [0.25, 0.3) is 0 Å². The molecule has 1 aliphatic carbocycles. The van der Waals surface area contributed by atoms with Crippen LogP contribution >= 0.6 is 11.6 Å². The minimum absolute atomic E-state index is 0.518. The van der Waals surface area contributed by atoms with Crippen molar-refractivity contribution in [2.75, 3.05) is 12.4 Å². The molecular weight excluding hydrogens is 218 g/mol. The van der Waals surface area contributed by atoms with Crippen LogP contribution < -0.4 is 5.32 Å². The maximum absolute atomic E-state index is 5.59. The van der Waals surface area contributed by atoms with Crippen molar-refractivity contribution >= 4 is 11.6 Å². The predicted molar refractivity (Wildman–Crippen MR) is 70.0 cm³/mol. The predicted octanol–water partition coefficient (Wildman–Crippen LogP) is 3.45. The number of alkyl halides is 1. The molecule has 0 fully saturated rings. The molecule has 0 heterocycles. The molecule has 0 aliphatic heterocycles. The van der Waals surface area contributed by atoms with E-state index in [1.54, 1.807) is 0 Å². The lowest BCUT2D eigenvalue weighted by molar-refractivity contribution is 0.480. The Hall–Kier alpha value is -0.790. The first-order chi connectivity index (χ1) is 7.92. The molecule has 0 saturated heterocycles. The summed E-state index contributed by atoms with van der Waals surface area (Å²) in [5, 5.41) is 3.57. The van der Waals surface area contributed by atoms with Crippen molar-refractivity contribution < 1.29 is 0 Å². The number of hydrogen-bond acceptors (Lipinski definition) is 1. The van der Waals surface area contributed by atoms with E-state index in [0.717, 1.165) is 6.54 Å². The van der Waals surface area contributed by atoms with Crippen LogP contribution in [0, 0.1) is 0 Å².